The zero-order valence-corrected chi connectivity index (χ0v) is 15.8. The van der Waals surface area contributed by atoms with E-state index in [9.17, 15) is 8.42 Å². The Labute approximate surface area is 146 Å². The van der Waals surface area contributed by atoms with E-state index < -0.39 is 9.84 Å². The van der Waals surface area contributed by atoms with E-state index in [1.54, 1.807) is 24.3 Å². The lowest BCUT2D eigenvalue weighted by molar-refractivity contribution is 0.377. The van der Waals surface area contributed by atoms with E-state index in [0.29, 0.717) is 11.3 Å². The van der Waals surface area contributed by atoms with Gasteiger partial charge in [-0.2, -0.15) is 0 Å². The lowest BCUT2D eigenvalue weighted by Gasteiger charge is -2.33. The van der Waals surface area contributed by atoms with Crippen molar-refractivity contribution in [1.29, 1.82) is 0 Å². The van der Waals surface area contributed by atoms with Crippen molar-refractivity contribution in [3.63, 3.8) is 0 Å². The molecule has 0 N–H and O–H groups in total. The van der Waals surface area contributed by atoms with Crippen LogP contribution in [0.2, 0.25) is 0 Å². The maximum absolute atomic E-state index is 12.3. The maximum Gasteiger partial charge on any atom is 0.178 e. The van der Waals surface area contributed by atoms with E-state index in [1.807, 2.05) is 12.1 Å². The summed E-state index contributed by atoms with van der Waals surface area (Å²) in [5.41, 5.74) is 3.86. The SMILES string of the molecule is C=C(/C=C/C1=C(C)CCCC1(C)C)CCS(=O)(=O)c1ccccc1. The summed E-state index contributed by atoms with van der Waals surface area (Å²) >= 11 is 0. The average molecular weight is 345 g/mol. The molecule has 0 radical (unpaired) electrons. The molecule has 1 aromatic rings. The molecule has 0 spiro atoms. The van der Waals surface area contributed by atoms with Gasteiger partial charge >= 0.3 is 0 Å². The van der Waals surface area contributed by atoms with Gasteiger partial charge in [-0.15, -0.1) is 0 Å². The number of rotatable bonds is 6. The Morgan fingerprint density at radius 3 is 2.54 bits per heavy atom. The monoisotopic (exact) mass is 344 g/mol. The van der Waals surface area contributed by atoms with Gasteiger partial charge < -0.3 is 0 Å². The molecule has 0 saturated carbocycles. The predicted octanol–water partition coefficient (Wildman–Crippen LogP) is 5.49. The van der Waals surface area contributed by atoms with Crippen LogP contribution < -0.4 is 0 Å². The molecule has 1 aliphatic carbocycles. The van der Waals surface area contributed by atoms with Crippen molar-refractivity contribution in [3.05, 3.63) is 65.8 Å². The molecule has 2 nitrogen and oxygen atoms in total. The highest BCUT2D eigenvalue weighted by Gasteiger charge is 2.26. The van der Waals surface area contributed by atoms with Gasteiger partial charge in [-0.1, -0.05) is 61.9 Å². The van der Waals surface area contributed by atoms with Gasteiger partial charge in [-0.25, -0.2) is 8.42 Å². The third kappa shape index (κ3) is 4.70. The van der Waals surface area contributed by atoms with Crippen LogP contribution in [-0.4, -0.2) is 14.2 Å². The van der Waals surface area contributed by atoms with Crippen molar-refractivity contribution >= 4 is 9.84 Å². The lowest BCUT2D eigenvalue weighted by Crippen LogP contribution is -2.19. The van der Waals surface area contributed by atoms with Gasteiger partial charge in [0.05, 0.1) is 10.6 Å². The minimum atomic E-state index is -3.24. The molecule has 0 atom stereocenters. The van der Waals surface area contributed by atoms with Gasteiger partial charge in [-0.05, 0) is 55.7 Å². The highest BCUT2D eigenvalue weighted by atomic mass is 32.2. The van der Waals surface area contributed by atoms with Gasteiger partial charge in [0.25, 0.3) is 0 Å². The molecule has 0 aromatic heterocycles. The second kappa shape index (κ2) is 7.52. The summed E-state index contributed by atoms with van der Waals surface area (Å²) in [7, 11) is -3.24. The van der Waals surface area contributed by atoms with Crippen molar-refractivity contribution < 1.29 is 8.42 Å². The van der Waals surface area contributed by atoms with E-state index >= 15 is 0 Å². The zero-order chi connectivity index (χ0) is 17.8. The number of allylic oxidation sites excluding steroid dienone is 5. The van der Waals surface area contributed by atoms with Crippen LogP contribution in [0.3, 0.4) is 0 Å². The molecule has 24 heavy (non-hydrogen) atoms. The van der Waals surface area contributed by atoms with Crippen LogP contribution >= 0.6 is 0 Å². The summed E-state index contributed by atoms with van der Waals surface area (Å²) in [5, 5.41) is 0. The summed E-state index contributed by atoms with van der Waals surface area (Å²) < 4.78 is 24.6. The summed E-state index contributed by atoms with van der Waals surface area (Å²) in [6.45, 7) is 10.8. The molecule has 0 heterocycles. The Morgan fingerprint density at radius 2 is 1.92 bits per heavy atom. The Balaban J connectivity index is 2.01. The minimum Gasteiger partial charge on any atom is -0.224 e. The van der Waals surface area contributed by atoms with Crippen molar-refractivity contribution in [3.8, 4) is 0 Å². The fourth-order valence-corrected chi connectivity index (χ4v) is 4.64. The molecule has 0 amide bonds. The molecular formula is C21H28O2S. The number of benzene rings is 1. The molecule has 1 aromatic carbocycles. The first-order chi connectivity index (χ1) is 11.2. The van der Waals surface area contributed by atoms with Crippen LogP contribution in [0.4, 0.5) is 0 Å². The largest absolute Gasteiger partial charge is 0.224 e. The topological polar surface area (TPSA) is 34.1 Å². The molecule has 0 fully saturated rings. The number of hydrogen-bond acceptors (Lipinski definition) is 2. The van der Waals surface area contributed by atoms with Crippen LogP contribution in [0, 0.1) is 5.41 Å². The first-order valence-electron chi connectivity index (χ1n) is 8.56. The summed E-state index contributed by atoms with van der Waals surface area (Å²) in [6.07, 6.45) is 8.18. The smallest absolute Gasteiger partial charge is 0.178 e. The summed E-state index contributed by atoms with van der Waals surface area (Å²) in [6, 6.07) is 8.62. The molecule has 1 aliphatic rings. The Bertz CT molecular complexity index is 750. The third-order valence-electron chi connectivity index (χ3n) is 4.82. The third-order valence-corrected chi connectivity index (χ3v) is 6.55. The van der Waals surface area contributed by atoms with E-state index in [1.165, 1.54) is 24.0 Å². The molecule has 0 saturated heterocycles. The fraction of sp³-hybridized carbons (Fsp3) is 0.429. The second-order valence-electron chi connectivity index (χ2n) is 7.30. The Hall–Kier alpha value is -1.61. The standard InChI is InChI=1S/C21H28O2S/c1-17(12-13-20-18(2)9-8-15-21(20,3)4)14-16-24(22,23)19-10-6-5-7-11-19/h5-7,10-13H,1,8-9,14-16H2,2-4H3/b13-12+. The average Bonchev–Trinajstić information content (AvgIpc) is 2.53. The highest BCUT2D eigenvalue weighted by Crippen LogP contribution is 2.40. The highest BCUT2D eigenvalue weighted by molar-refractivity contribution is 7.91. The molecule has 0 bridgehead atoms. The molecular weight excluding hydrogens is 316 g/mol. The van der Waals surface area contributed by atoms with Crippen LogP contribution in [0.15, 0.2) is 70.7 Å². The first kappa shape index (κ1) is 18.7. The van der Waals surface area contributed by atoms with Crippen molar-refractivity contribution in [1.82, 2.24) is 0 Å². The summed E-state index contributed by atoms with van der Waals surface area (Å²) in [4.78, 5) is 0.383. The molecule has 3 heteroatoms. The van der Waals surface area contributed by atoms with E-state index in [4.69, 9.17) is 0 Å². The normalized spacial score (nSPS) is 18.1. The van der Waals surface area contributed by atoms with Crippen LogP contribution in [0.5, 0.6) is 0 Å². The van der Waals surface area contributed by atoms with Crippen molar-refractivity contribution in [2.45, 2.75) is 51.3 Å². The van der Waals surface area contributed by atoms with Crippen LogP contribution in [0.1, 0.15) is 46.5 Å². The number of sulfone groups is 1. The van der Waals surface area contributed by atoms with Gasteiger partial charge in [0.15, 0.2) is 9.84 Å². The fourth-order valence-electron chi connectivity index (χ4n) is 3.31. The van der Waals surface area contributed by atoms with E-state index in [-0.39, 0.29) is 11.2 Å². The first-order valence-corrected chi connectivity index (χ1v) is 10.2. The van der Waals surface area contributed by atoms with Crippen LogP contribution in [0.25, 0.3) is 0 Å². The van der Waals surface area contributed by atoms with Gasteiger partial charge in [0.1, 0.15) is 0 Å². The molecule has 0 unspecified atom stereocenters. The minimum absolute atomic E-state index is 0.0988. The van der Waals surface area contributed by atoms with Crippen LogP contribution in [-0.2, 0) is 9.84 Å². The Kier molecular flexibility index (Phi) is 5.87. The summed E-state index contributed by atoms with van der Waals surface area (Å²) in [5.74, 6) is 0.0988. The molecule has 130 valence electrons. The van der Waals surface area contributed by atoms with E-state index in [0.717, 1.165) is 12.0 Å². The quantitative estimate of drug-likeness (QED) is 0.640. The lowest BCUT2D eigenvalue weighted by atomic mass is 9.72. The Morgan fingerprint density at radius 1 is 1.25 bits per heavy atom. The zero-order valence-electron chi connectivity index (χ0n) is 15.0. The number of hydrogen-bond donors (Lipinski definition) is 0. The van der Waals surface area contributed by atoms with E-state index in [2.05, 4.69) is 33.4 Å². The molecule has 2 rings (SSSR count). The van der Waals surface area contributed by atoms with Crippen molar-refractivity contribution in [2.75, 3.05) is 5.75 Å². The van der Waals surface area contributed by atoms with Gasteiger partial charge in [-0.3, -0.25) is 0 Å². The van der Waals surface area contributed by atoms with Gasteiger partial charge in [0.2, 0.25) is 0 Å². The predicted molar refractivity (Wildman–Crippen MR) is 102 cm³/mol. The van der Waals surface area contributed by atoms with Gasteiger partial charge in [0, 0.05) is 0 Å². The van der Waals surface area contributed by atoms with Crippen molar-refractivity contribution in [2.24, 2.45) is 5.41 Å². The maximum atomic E-state index is 12.3. The second-order valence-corrected chi connectivity index (χ2v) is 9.41. The molecule has 0 aliphatic heterocycles.